The van der Waals surface area contributed by atoms with Crippen LogP contribution in [0.3, 0.4) is 0 Å². The summed E-state index contributed by atoms with van der Waals surface area (Å²) in [7, 11) is -3.45. The van der Waals surface area contributed by atoms with Crippen LogP contribution in [-0.4, -0.2) is 67.8 Å². The maximum Gasteiger partial charge on any atom is 0.246 e. The van der Waals surface area contributed by atoms with Crippen LogP contribution in [0.2, 0.25) is 0 Å². The Hall–Kier alpha value is -2.71. The summed E-state index contributed by atoms with van der Waals surface area (Å²) in [6, 6.07) is 10.8. The van der Waals surface area contributed by atoms with E-state index in [2.05, 4.69) is 9.88 Å². The van der Waals surface area contributed by atoms with Crippen molar-refractivity contribution < 1.29 is 13.2 Å². The molecule has 2 aliphatic heterocycles. The highest BCUT2D eigenvalue weighted by molar-refractivity contribution is 7.89. The number of nitrogens with zero attached hydrogens (tertiary/aromatic N) is 4. The minimum atomic E-state index is -3.45. The molecule has 2 aliphatic rings. The molecule has 2 aromatic rings. The second-order valence-electron chi connectivity index (χ2n) is 8.24. The molecule has 0 atom stereocenters. The van der Waals surface area contributed by atoms with Crippen LogP contribution in [0.15, 0.2) is 59.8 Å². The van der Waals surface area contributed by atoms with Gasteiger partial charge in [0.25, 0.3) is 0 Å². The van der Waals surface area contributed by atoms with E-state index < -0.39 is 10.0 Å². The van der Waals surface area contributed by atoms with Gasteiger partial charge in [-0.25, -0.2) is 8.42 Å². The molecule has 2 fully saturated rings. The van der Waals surface area contributed by atoms with Crippen LogP contribution in [0, 0.1) is 0 Å². The molecule has 0 spiro atoms. The van der Waals surface area contributed by atoms with Crippen LogP contribution in [0.4, 0.5) is 5.69 Å². The fourth-order valence-electron chi connectivity index (χ4n) is 4.19. The molecule has 8 heteroatoms. The molecule has 1 amide bonds. The number of piperazine rings is 1. The maximum atomic E-state index is 12.9. The van der Waals surface area contributed by atoms with Crippen LogP contribution < -0.4 is 4.90 Å². The number of hydrogen-bond acceptors (Lipinski definition) is 5. The molecule has 1 aromatic carbocycles. The molecule has 4 rings (SSSR count). The quantitative estimate of drug-likeness (QED) is 0.650. The standard InChI is InChI=1S/C24H30N4O3S/c29-24(27-19-17-26(18-20-27)22-11-13-25-14-12-22)10-7-21-5-8-23(9-6-21)32(30,31)28-15-3-1-2-4-16-28/h5-14H,1-4,15-20H2/b10-7+. The highest BCUT2D eigenvalue weighted by Gasteiger charge is 2.25. The average molecular weight is 455 g/mol. The first-order valence-electron chi connectivity index (χ1n) is 11.3. The zero-order chi connectivity index (χ0) is 22.4. The molecular weight excluding hydrogens is 424 g/mol. The van der Waals surface area contributed by atoms with Crippen molar-refractivity contribution in [2.45, 2.75) is 30.6 Å². The van der Waals surface area contributed by atoms with Gasteiger partial charge >= 0.3 is 0 Å². The van der Waals surface area contributed by atoms with Crippen molar-refractivity contribution in [1.29, 1.82) is 0 Å². The first-order chi connectivity index (χ1) is 15.5. The average Bonchev–Trinajstić information content (AvgIpc) is 3.14. The van der Waals surface area contributed by atoms with Gasteiger partial charge in [0.2, 0.25) is 15.9 Å². The van der Waals surface area contributed by atoms with Crippen LogP contribution >= 0.6 is 0 Å². The summed E-state index contributed by atoms with van der Waals surface area (Å²) in [6.45, 7) is 4.08. The lowest BCUT2D eigenvalue weighted by Gasteiger charge is -2.35. The number of anilines is 1. The van der Waals surface area contributed by atoms with Crippen molar-refractivity contribution in [3.8, 4) is 0 Å². The lowest BCUT2D eigenvalue weighted by molar-refractivity contribution is -0.126. The van der Waals surface area contributed by atoms with E-state index in [9.17, 15) is 13.2 Å². The lowest BCUT2D eigenvalue weighted by atomic mass is 10.2. The highest BCUT2D eigenvalue weighted by atomic mass is 32.2. The zero-order valence-corrected chi connectivity index (χ0v) is 19.1. The highest BCUT2D eigenvalue weighted by Crippen LogP contribution is 2.21. The molecular formula is C24H30N4O3S. The largest absolute Gasteiger partial charge is 0.368 e. The minimum Gasteiger partial charge on any atom is -0.368 e. The molecule has 32 heavy (non-hydrogen) atoms. The van der Waals surface area contributed by atoms with Crippen molar-refractivity contribution in [1.82, 2.24) is 14.2 Å². The Balaban J connectivity index is 1.33. The Kier molecular flexibility index (Phi) is 7.22. The van der Waals surface area contributed by atoms with Crippen molar-refractivity contribution in [2.24, 2.45) is 0 Å². The molecule has 0 aliphatic carbocycles. The van der Waals surface area contributed by atoms with Gasteiger partial charge in [0.1, 0.15) is 0 Å². The Labute approximate surface area is 190 Å². The second kappa shape index (κ2) is 10.3. The zero-order valence-electron chi connectivity index (χ0n) is 18.3. The summed E-state index contributed by atoms with van der Waals surface area (Å²) in [5, 5.41) is 0. The van der Waals surface area contributed by atoms with Crippen molar-refractivity contribution >= 4 is 27.7 Å². The first-order valence-corrected chi connectivity index (χ1v) is 12.7. The summed E-state index contributed by atoms with van der Waals surface area (Å²) < 4.78 is 27.4. The third-order valence-corrected chi connectivity index (χ3v) is 8.03. The summed E-state index contributed by atoms with van der Waals surface area (Å²) in [5.41, 5.74) is 1.93. The number of pyridine rings is 1. The minimum absolute atomic E-state index is 0.0272. The van der Waals surface area contributed by atoms with Gasteiger partial charge in [-0.05, 0) is 48.7 Å². The number of sulfonamides is 1. The molecule has 7 nitrogen and oxygen atoms in total. The third kappa shape index (κ3) is 5.37. The van der Waals surface area contributed by atoms with Crippen LogP contribution in [-0.2, 0) is 14.8 Å². The molecule has 0 bridgehead atoms. The number of carbonyl (C=O) groups excluding carboxylic acids is 1. The number of carbonyl (C=O) groups is 1. The number of rotatable bonds is 5. The van der Waals surface area contributed by atoms with E-state index >= 15 is 0 Å². The fraction of sp³-hybridized carbons (Fsp3) is 0.417. The summed E-state index contributed by atoms with van der Waals surface area (Å²) >= 11 is 0. The van der Waals surface area contributed by atoms with E-state index in [1.54, 1.807) is 53.1 Å². The van der Waals surface area contributed by atoms with Gasteiger partial charge in [0.15, 0.2) is 0 Å². The maximum absolute atomic E-state index is 12.9. The molecule has 0 radical (unpaired) electrons. The molecule has 0 N–H and O–H groups in total. The van der Waals surface area contributed by atoms with Crippen LogP contribution in [0.25, 0.3) is 6.08 Å². The Morgan fingerprint density at radius 3 is 2.06 bits per heavy atom. The predicted molar refractivity (Wildman–Crippen MR) is 126 cm³/mol. The third-order valence-electron chi connectivity index (χ3n) is 6.12. The molecule has 3 heterocycles. The summed E-state index contributed by atoms with van der Waals surface area (Å²) in [4.78, 5) is 21.0. The molecule has 1 aromatic heterocycles. The molecule has 2 saturated heterocycles. The van der Waals surface area contributed by atoms with Crippen molar-refractivity contribution in [2.75, 3.05) is 44.2 Å². The smallest absolute Gasteiger partial charge is 0.246 e. The number of hydrogen-bond donors (Lipinski definition) is 0. The van der Waals surface area contributed by atoms with Crippen molar-refractivity contribution in [3.05, 3.63) is 60.4 Å². The second-order valence-corrected chi connectivity index (χ2v) is 10.2. The van der Waals surface area contributed by atoms with Crippen molar-refractivity contribution in [3.63, 3.8) is 0 Å². The van der Waals surface area contributed by atoms with Gasteiger partial charge in [-0.15, -0.1) is 0 Å². The Morgan fingerprint density at radius 2 is 1.44 bits per heavy atom. The van der Waals surface area contributed by atoms with Crippen LogP contribution in [0.1, 0.15) is 31.2 Å². The number of benzene rings is 1. The summed E-state index contributed by atoms with van der Waals surface area (Å²) in [5.74, 6) is -0.0272. The van der Waals surface area contributed by atoms with E-state index in [4.69, 9.17) is 0 Å². The fourth-order valence-corrected chi connectivity index (χ4v) is 5.71. The van der Waals surface area contributed by atoms with E-state index in [1.165, 1.54) is 0 Å². The predicted octanol–water partition coefficient (Wildman–Crippen LogP) is 3.01. The lowest BCUT2D eigenvalue weighted by Crippen LogP contribution is -2.48. The molecule has 0 saturated carbocycles. The topological polar surface area (TPSA) is 73.8 Å². The van der Waals surface area contributed by atoms with E-state index in [1.807, 2.05) is 17.0 Å². The molecule has 0 unspecified atom stereocenters. The van der Waals surface area contributed by atoms with Crippen LogP contribution in [0.5, 0.6) is 0 Å². The van der Waals surface area contributed by atoms with Gasteiger partial charge in [0, 0.05) is 63.4 Å². The monoisotopic (exact) mass is 454 g/mol. The van der Waals surface area contributed by atoms with E-state index in [0.29, 0.717) is 31.1 Å². The molecule has 170 valence electrons. The van der Waals surface area contributed by atoms with Gasteiger partial charge in [-0.1, -0.05) is 25.0 Å². The van der Waals surface area contributed by atoms with Gasteiger partial charge in [0.05, 0.1) is 4.90 Å². The van der Waals surface area contributed by atoms with Gasteiger partial charge < -0.3 is 9.80 Å². The number of aromatic nitrogens is 1. The Morgan fingerprint density at radius 1 is 0.812 bits per heavy atom. The number of amides is 1. The van der Waals surface area contributed by atoms with E-state index in [-0.39, 0.29) is 5.91 Å². The SMILES string of the molecule is O=C(/C=C/c1ccc(S(=O)(=O)N2CCCCCC2)cc1)N1CCN(c2ccncc2)CC1. The summed E-state index contributed by atoms with van der Waals surface area (Å²) in [6.07, 6.45) is 10.9. The van der Waals surface area contributed by atoms with Gasteiger partial charge in [-0.3, -0.25) is 9.78 Å². The van der Waals surface area contributed by atoms with E-state index in [0.717, 1.165) is 50.0 Å². The first kappa shape index (κ1) is 22.5. The normalized spacial score (nSPS) is 18.6. The van der Waals surface area contributed by atoms with Gasteiger partial charge in [-0.2, -0.15) is 4.31 Å². The Bertz CT molecular complexity index is 1020.